The van der Waals surface area contributed by atoms with E-state index in [-0.39, 0.29) is 0 Å². The lowest BCUT2D eigenvalue weighted by atomic mass is 9.95. The maximum absolute atomic E-state index is 5.41. The highest BCUT2D eigenvalue weighted by molar-refractivity contribution is 9.09. The minimum atomic E-state index is 0.607. The van der Waals surface area contributed by atoms with Crippen molar-refractivity contribution < 1.29 is 4.74 Å². The molecule has 0 fully saturated rings. The molecule has 96 valence electrons. The molecule has 3 heteroatoms. The van der Waals surface area contributed by atoms with Crippen molar-refractivity contribution >= 4 is 27.3 Å². The summed E-state index contributed by atoms with van der Waals surface area (Å²) >= 11 is 5.39. The lowest BCUT2D eigenvalue weighted by molar-refractivity contribution is 0.406. The minimum Gasteiger partial charge on any atom is -0.496 e. The SMILES string of the molecule is COc1ccccc1CC(CBr)Cc1ccsc1. The number of halogens is 1. The van der Waals surface area contributed by atoms with Gasteiger partial charge in [0.15, 0.2) is 0 Å². The summed E-state index contributed by atoms with van der Waals surface area (Å²) in [4.78, 5) is 0. The molecule has 1 heterocycles. The van der Waals surface area contributed by atoms with Crippen molar-refractivity contribution in [1.82, 2.24) is 0 Å². The highest BCUT2D eigenvalue weighted by Crippen LogP contribution is 2.24. The van der Waals surface area contributed by atoms with Crippen molar-refractivity contribution in [3.63, 3.8) is 0 Å². The van der Waals surface area contributed by atoms with Crippen molar-refractivity contribution in [3.8, 4) is 5.75 Å². The van der Waals surface area contributed by atoms with E-state index in [9.17, 15) is 0 Å². The molecule has 2 rings (SSSR count). The Kier molecular flexibility index (Phi) is 5.26. The molecule has 1 aromatic carbocycles. The van der Waals surface area contributed by atoms with Crippen LogP contribution in [0, 0.1) is 5.92 Å². The molecular weight excluding hydrogens is 308 g/mol. The summed E-state index contributed by atoms with van der Waals surface area (Å²) < 4.78 is 5.41. The van der Waals surface area contributed by atoms with Crippen LogP contribution in [0.1, 0.15) is 11.1 Å². The number of benzene rings is 1. The average Bonchev–Trinajstić information content (AvgIpc) is 2.91. The van der Waals surface area contributed by atoms with Crippen LogP contribution in [-0.4, -0.2) is 12.4 Å². The van der Waals surface area contributed by atoms with Crippen LogP contribution in [0.5, 0.6) is 5.75 Å². The van der Waals surface area contributed by atoms with Gasteiger partial charge in [0.2, 0.25) is 0 Å². The van der Waals surface area contributed by atoms with Crippen LogP contribution in [0.25, 0.3) is 0 Å². The van der Waals surface area contributed by atoms with Crippen LogP contribution < -0.4 is 4.74 Å². The number of hydrogen-bond donors (Lipinski definition) is 0. The summed E-state index contributed by atoms with van der Waals surface area (Å²) in [6.45, 7) is 0. The molecule has 1 unspecified atom stereocenters. The van der Waals surface area contributed by atoms with Crippen molar-refractivity contribution in [3.05, 3.63) is 52.2 Å². The van der Waals surface area contributed by atoms with Gasteiger partial charge in [-0.1, -0.05) is 34.1 Å². The molecule has 0 saturated carbocycles. The van der Waals surface area contributed by atoms with Crippen molar-refractivity contribution in [2.24, 2.45) is 5.92 Å². The number of methoxy groups -OCH3 is 1. The Balaban J connectivity index is 2.05. The number of rotatable bonds is 6. The Hall–Kier alpha value is -0.800. The first kappa shape index (κ1) is 13.6. The van der Waals surface area contributed by atoms with E-state index in [0.29, 0.717) is 5.92 Å². The standard InChI is InChI=1S/C15H17BrOS/c1-17-15-5-3-2-4-14(15)9-13(10-16)8-12-6-7-18-11-12/h2-7,11,13H,8-10H2,1H3. The first-order valence-electron chi connectivity index (χ1n) is 6.02. The molecule has 1 atom stereocenters. The minimum absolute atomic E-state index is 0.607. The van der Waals surface area contributed by atoms with Gasteiger partial charge in [-0.05, 0) is 52.8 Å². The summed E-state index contributed by atoms with van der Waals surface area (Å²) in [7, 11) is 1.74. The van der Waals surface area contributed by atoms with Gasteiger partial charge in [-0.15, -0.1) is 0 Å². The van der Waals surface area contributed by atoms with Gasteiger partial charge in [-0.2, -0.15) is 11.3 Å². The largest absolute Gasteiger partial charge is 0.496 e. The van der Waals surface area contributed by atoms with Gasteiger partial charge in [0.25, 0.3) is 0 Å². The molecule has 1 aromatic heterocycles. The van der Waals surface area contributed by atoms with Gasteiger partial charge in [0, 0.05) is 5.33 Å². The fourth-order valence-corrected chi connectivity index (χ4v) is 3.25. The Morgan fingerprint density at radius 3 is 2.72 bits per heavy atom. The van der Waals surface area contributed by atoms with E-state index < -0.39 is 0 Å². The molecule has 2 aromatic rings. The van der Waals surface area contributed by atoms with Gasteiger partial charge in [-0.25, -0.2) is 0 Å². The fourth-order valence-electron chi connectivity index (χ4n) is 2.11. The summed E-state index contributed by atoms with van der Waals surface area (Å²) in [5.41, 5.74) is 2.72. The van der Waals surface area contributed by atoms with Crippen LogP contribution >= 0.6 is 27.3 Å². The maximum Gasteiger partial charge on any atom is 0.122 e. The third kappa shape index (κ3) is 3.59. The zero-order valence-corrected chi connectivity index (χ0v) is 12.8. The van der Waals surface area contributed by atoms with Crippen molar-refractivity contribution in [2.45, 2.75) is 12.8 Å². The van der Waals surface area contributed by atoms with E-state index in [4.69, 9.17) is 4.74 Å². The van der Waals surface area contributed by atoms with E-state index in [1.165, 1.54) is 11.1 Å². The molecule has 0 saturated heterocycles. The van der Waals surface area contributed by atoms with Gasteiger partial charge >= 0.3 is 0 Å². The molecule has 0 aliphatic carbocycles. The molecule has 0 bridgehead atoms. The molecule has 0 aliphatic heterocycles. The molecule has 0 aliphatic rings. The topological polar surface area (TPSA) is 9.23 Å². The second kappa shape index (κ2) is 6.95. The smallest absolute Gasteiger partial charge is 0.122 e. The molecule has 0 amide bonds. The zero-order valence-electron chi connectivity index (χ0n) is 10.4. The normalized spacial score (nSPS) is 12.3. The van der Waals surface area contributed by atoms with Crippen LogP contribution in [0.3, 0.4) is 0 Å². The number of alkyl halides is 1. The fraction of sp³-hybridized carbons (Fsp3) is 0.333. The first-order chi connectivity index (χ1) is 8.83. The van der Waals surface area contributed by atoms with E-state index in [0.717, 1.165) is 23.9 Å². The number of hydrogen-bond acceptors (Lipinski definition) is 2. The molecule has 1 nitrogen and oxygen atoms in total. The zero-order chi connectivity index (χ0) is 12.8. The predicted octanol–water partition coefficient (Wildman–Crippen LogP) is 4.55. The maximum atomic E-state index is 5.41. The van der Waals surface area contributed by atoms with Gasteiger partial charge < -0.3 is 4.74 Å². The van der Waals surface area contributed by atoms with E-state index in [1.54, 1.807) is 18.4 Å². The van der Waals surface area contributed by atoms with Crippen LogP contribution in [0.4, 0.5) is 0 Å². The lowest BCUT2D eigenvalue weighted by Crippen LogP contribution is -2.10. The number of thiophene rings is 1. The third-order valence-electron chi connectivity index (χ3n) is 3.02. The lowest BCUT2D eigenvalue weighted by Gasteiger charge is -2.15. The average molecular weight is 325 g/mol. The summed E-state index contributed by atoms with van der Waals surface area (Å²) in [6, 6.07) is 10.5. The first-order valence-corrected chi connectivity index (χ1v) is 8.09. The highest BCUT2D eigenvalue weighted by Gasteiger charge is 2.12. The van der Waals surface area contributed by atoms with E-state index in [1.807, 2.05) is 12.1 Å². The quantitative estimate of drug-likeness (QED) is 0.708. The number of para-hydroxylation sites is 1. The molecule has 0 N–H and O–H groups in total. The Morgan fingerprint density at radius 1 is 1.22 bits per heavy atom. The third-order valence-corrected chi connectivity index (χ3v) is 4.67. The molecule has 0 spiro atoms. The molecule has 0 radical (unpaired) electrons. The van der Waals surface area contributed by atoms with Crippen LogP contribution in [-0.2, 0) is 12.8 Å². The second-order valence-corrected chi connectivity index (χ2v) is 5.80. The van der Waals surface area contributed by atoms with Gasteiger partial charge in [0.1, 0.15) is 5.75 Å². The predicted molar refractivity (Wildman–Crippen MR) is 82.0 cm³/mol. The van der Waals surface area contributed by atoms with Crippen LogP contribution in [0.15, 0.2) is 41.1 Å². The van der Waals surface area contributed by atoms with Gasteiger partial charge in [-0.3, -0.25) is 0 Å². The molecular formula is C15H17BrOS. The van der Waals surface area contributed by atoms with E-state index in [2.05, 4.69) is 44.9 Å². The Bertz CT molecular complexity index is 467. The van der Waals surface area contributed by atoms with Crippen molar-refractivity contribution in [2.75, 3.05) is 12.4 Å². The Labute approximate surface area is 121 Å². The summed E-state index contributed by atoms with van der Waals surface area (Å²) in [5.74, 6) is 1.60. The Morgan fingerprint density at radius 2 is 2.06 bits per heavy atom. The molecule has 18 heavy (non-hydrogen) atoms. The van der Waals surface area contributed by atoms with E-state index >= 15 is 0 Å². The second-order valence-electron chi connectivity index (χ2n) is 4.37. The highest BCUT2D eigenvalue weighted by atomic mass is 79.9. The monoisotopic (exact) mass is 324 g/mol. The van der Waals surface area contributed by atoms with Crippen molar-refractivity contribution in [1.29, 1.82) is 0 Å². The number of ether oxygens (including phenoxy) is 1. The van der Waals surface area contributed by atoms with Crippen LogP contribution in [0.2, 0.25) is 0 Å². The summed E-state index contributed by atoms with van der Waals surface area (Å²) in [5, 5.41) is 5.39. The summed E-state index contributed by atoms with van der Waals surface area (Å²) in [6.07, 6.45) is 2.16. The van der Waals surface area contributed by atoms with Gasteiger partial charge in [0.05, 0.1) is 7.11 Å².